The van der Waals surface area contributed by atoms with Crippen LogP contribution in [0.3, 0.4) is 0 Å². The summed E-state index contributed by atoms with van der Waals surface area (Å²) in [7, 11) is 0. The fourth-order valence-corrected chi connectivity index (χ4v) is 5.98. The lowest BCUT2D eigenvalue weighted by Gasteiger charge is -2.28. The van der Waals surface area contributed by atoms with Crippen molar-refractivity contribution in [3.63, 3.8) is 0 Å². The van der Waals surface area contributed by atoms with Crippen molar-refractivity contribution < 1.29 is 29.1 Å². The van der Waals surface area contributed by atoms with E-state index in [-0.39, 0.29) is 24.6 Å². The second-order valence-electron chi connectivity index (χ2n) is 10.6. The predicted molar refractivity (Wildman–Crippen MR) is 163 cm³/mol. The van der Waals surface area contributed by atoms with Crippen molar-refractivity contribution in [2.45, 2.75) is 55.1 Å². The number of carbonyl (C=O) groups excluding carboxylic acids is 4. The molecule has 3 aromatic rings. The van der Waals surface area contributed by atoms with Crippen LogP contribution in [-0.2, 0) is 36.8 Å². The number of nitrogens with two attached hydrogens (primary N) is 2. The summed E-state index contributed by atoms with van der Waals surface area (Å²) < 4.78 is 0. The van der Waals surface area contributed by atoms with E-state index in [1.54, 1.807) is 30.3 Å². The number of likely N-dealkylation sites (tertiary alicyclic amines) is 1. The molecule has 8 N–H and O–H groups in total. The monoisotopic (exact) mass is 608 g/mol. The molecule has 4 amide bonds. The highest BCUT2D eigenvalue weighted by molar-refractivity contribution is 7.99. The summed E-state index contributed by atoms with van der Waals surface area (Å²) >= 11 is 1.50. The van der Waals surface area contributed by atoms with Gasteiger partial charge >= 0.3 is 5.97 Å². The summed E-state index contributed by atoms with van der Waals surface area (Å²) in [5.74, 6) is -4.11. The fraction of sp³-hybridized carbons (Fsp3) is 0.367. The molecular weight excluding hydrogens is 572 g/mol. The average molecular weight is 609 g/mol. The number of para-hydroxylation sites is 1. The highest BCUT2D eigenvalue weighted by Crippen LogP contribution is 2.28. The number of hydrogen-bond donors (Lipinski definition) is 6. The largest absolute Gasteiger partial charge is 0.481 e. The van der Waals surface area contributed by atoms with Crippen LogP contribution in [-0.4, -0.2) is 86.8 Å². The third-order valence-corrected chi connectivity index (χ3v) is 8.58. The quantitative estimate of drug-likeness (QED) is 0.161. The van der Waals surface area contributed by atoms with Crippen molar-refractivity contribution in [3.8, 4) is 0 Å². The highest BCUT2D eigenvalue weighted by atomic mass is 32.2. The van der Waals surface area contributed by atoms with E-state index in [0.29, 0.717) is 6.42 Å². The van der Waals surface area contributed by atoms with Gasteiger partial charge < -0.3 is 37.1 Å². The number of thioether (sulfide) groups is 1. The number of amides is 4. The number of nitrogens with zero attached hydrogens (tertiary/aromatic N) is 1. The zero-order valence-corrected chi connectivity index (χ0v) is 24.5. The minimum absolute atomic E-state index is 0.0585. The van der Waals surface area contributed by atoms with Crippen LogP contribution in [0.4, 0.5) is 0 Å². The standard InChI is InChI=1S/C30H36N6O6S/c1-43-19-13-25(36(16-19)30(42)21(31)12-18-15-33-22-10-6-5-9-20(18)22)29(41)35-24(14-26(37)38)28(40)34-23(27(32)39)11-17-7-3-2-4-8-17/h2-10,15,19,21,23-25,33H,11-14,16,31H2,1H3,(H2,32,39)(H,34,40)(H,35,41)(H,37,38)/t19-,21-,23-,24-,25+/m0/s1. The molecule has 228 valence electrons. The number of carbonyl (C=O) groups is 5. The molecule has 0 aliphatic carbocycles. The van der Waals surface area contributed by atoms with Gasteiger partial charge in [-0.3, -0.25) is 24.0 Å². The Morgan fingerprint density at radius 1 is 1.02 bits per heavy atom. The summed E-state index contributed by atoms with van der Waals surface area (Å²) in [5.41, 5.74) is 14.4. The second kappa shape index (κ2) is 14.2. The molecule has 0 spiro atoms. The van der Waals surface area contributed by atoms with Crippen molar-refractivity contribution in [1.29, 1.82) is 0 Å². The van der Waals surface area contributed by atoms with Crippen LogP contribution in [0.15, 0.2) is 60.8 Å². The van der Waals surface area contributed by atoms with E-state index in [9.17, 15) is 29.1 Å². The number of aromatic nitrogens is 1. The number of carboxylic acid groups (broad SMARTS) is 1. The van der Waals surface area contributed by atoms with Crippen LogP contribution in [0.5, 0.6) is 0 Å². The second-order valence-corrected chi connectivity index (χ2v) is 11.7. The number of hydrogen-bond acceptors (Lipinski definition) is 7. The maximum atomic E-state index is 13.6. The van der Waals surface area contributed by atoms with Crippen LogP contribution in [0, 0.1) is 0 Å². The van der Waals surface area contributed by atoms with Crippen LogP contribution in [0.2, 0.25) is 0 Å². The van der Waals surface area contributed by atoms with Gasteiger partial charge in [-0.15, -0.1) is 0 Å². The van der Waals surface area contributed by atoms with Crippen LogP contribution in [0.1, 0.15) is 24.0 Å². The topological polar surface area (TPSA) is 201 Å². The van der Waals surface area contributed by atoms with Gasteiger partial charge in [-0.05, 0) is 36.3 Å². The van der Waals surface area contributed by atoms with E-state index >= 15 is 0 Å². The van der Waals surface area contributed by atoms with Gasteiger partial charge in [0.25, 0.3) is 0 Å². The molecule has 1 aromatic heterocycles. The van der Waals surface area contributed by atoms with Gasteiger partial charge in [-0.1, -0.05) is 48.5 Å². The van der Waals surface area contributed by atoms with E-state index in [2.05, 4.69) is 15.6 Å². The molecule has 1 aliphatic rings. The fourth-order valence-electron chi connectivity index (χ4n) is 5.29. The van der Waals surface area contributed by atoms with Gasteiger partial charge in [0.15, 0.2) is 0 Å². The first kappa shape index (κ1) is 31.6. The molecule has 1 saturated heterocycles. The lowest BCUT2D eigenvalue weighted by Crippen LogP contribution is -2.57. The Morgan fingerprint density at radius 2 is 1.72 bits per heavy atom. The Balaban J connectivity index is 1.47. The van der Waals surface area contributed by atoms with E-state index in [0.717, 1.165) is 22.0 Å². The number of benzene rings is 2. The highest BCUT2D eigenvalue weighted by Gasteiger charge is 2.42. The van der Waals surface area contributed by atoms with Crippen molar-refractivity contribution in [2.24, 2.45) is 11.5 Å². The van der Waals surface area contributed by atoms with Crippen LogP contribution >= 0.6 is 11.8 Å². The third kappa shape index (κ3) is 7.93. The predicted octanol–water partition coefficient (Wildman–Crippen LogP) is 0.543. The number of aromatic amines is 1. The molecule has 0 radical (unpaired) electrons. The summed E-state index contributed by atoms with van der Waals surface area (Å²) in [6.45, 7) is 0.274. The summed E-state index contributed by atoms with van der Waals surface area (Å²) in [4.78, 5) is 68.5. The molecule has 1 fully saturated rings. The van der Waals surface area contributed by atoms with Crippen molar-refractivity contribution in [3.05, 3.63) is 71.9 Å². The van der Waals surface area contributed by atoms with Crippen molar-refractivity contribution >= 4 is 52.3 Å². The smallest absolute Gasteiger partial charge is 0.305 e. The molecule has 0 bridgehead atoms. The van der Waals surface area contributed by atoms with Crippen LogP contribution in [0.25, 0.3) is 10.9 Å². The lowest BCUT2D eigenvalue weighted by molar-refractivity contribution is -0.143. The first-order chi connectivity index (χ1) is 20.6. The van der Waals surface area contributed by atoms with Crippen LogP contribution < -0.4 is 22.1 Å². The van der Waals surface area contributed by atoms with Crippen molar-refractivity contribution in [2.75, 3.05) is 12.8 Å². The first-order valence-corrected chi connectivity index (χ1v) is 15.2. The van der Waals surface area contributed by atoms with Gasteiger partial charge in [0.1, 0.15) is 18.1 Å². The first-order valence-electron chi connectivity index (χ1n) is 13.9. The Bertz CT molecular complexity index is 1480. The third-order valence-electron chi connectivity index (χ3n) is 7.57. The minimum Gasteiger partial charge on any atom is -0.481 e. The number of H-pyrrole nitrogens is 1. The molecule has 12 nitrogen and oxygen atoms in total. The number of fused-ring (bicyclic) bond motifs is 1. The molecule has 0 unspecified atom stereocenters. The molecule has 2 heterocycles. The van der Waals surface area contributed by atoms with E-state index in [1.165, 1.54) is 16.7 Å². The molecule has 1 aliphatic heterocycles. The Hall–Kier alpha value is -4.36. The number of rotatable bonds is 13. The Labute approximate surface area is 252 Å². The summed E-state index contributed by atoms with van der Waals surface area (Å²) in [6, 6.07) is 12.0. The van der Waals surface area contributed by atoms with Gasteiger partial charge in [0.05, 0.1) is 12.5 Å². The maximum Gasteiger partial charge on any atom is 0.305 e. The van der Waals surface area contributed by atoms with E-state index < -0.39 is 60.2 Å². The molecule has 4 rings (SSSR count). The number of aliphatic carboxylic acids is 1. The molecule has 2 aromatic carbocycles. The minimum atomic E-state index is -1.51. The van der Waals surface area contributed by atoms with Gasteiger partial charge in [0.2, 0.25) is 23.6 Å². The number of carboxylic acids is 1. The zero-order chi connectivity index (χ0) is 31.1. The zero-order valence-electron chi connectivity index (χ0n) is 23.7. The molecule has 5 atom stereocenters. The van der Waals surface area contributed by atoms with E-state index in [4.69, 9.17) is 11.5 Å². The molecular formula is C30H36N6O6S. The normalized spacial score (nSPS) is 18.5. The SMILES string of the molecule is CS[C@H]1C[C@H](C(=O)N[C@@H](CC(=O)O)C(=O)N[C@@H](Cc2ccccc2)C(N)=O)N(C(=O)[C@@H](N)Cc2c[nH]c3ccccc23)C1. The molecule has 43 heavy (non-hydrogen) atoms. The Kier molecular flexibility index (Phi) is 10.4. The summed E-state index contributed by atoms with van der Waals surface area (Å²) in [6.07, 6.45) is 3.58. The van der Waals surface area contributed by atoms with Gasteiger partial charge in [0, 0.05) is 35.3 Å². The summed E-state index contributed by atoms with van der Waals surface area (Å²) in [5, 5.41) is 15.3. The molecule has 13 heteroatoms. The maximum absolute atomic E-state index is 13.6. The lowest BCUT2D eigenvalue weighted by atomic mass is 10.0. The average Bonchev–Trinajstić information content (AvgIpc) is 3.61. The molecule has 0 saturated carbocycles. The van der Waals surface area contributed by atoms with Crippen molar-refractivity contribution in [1.82, 2.24) is 20.5 Å². The van der Waals surface area contributed by atoms with Gasteiger partial charge in [-0.25, -0.2) is 0 Å². The van der Waals surface area contributed by atoms with Gasteiger partial charge in [-0.2, -0.15) is 11.8 Å². The Morgan fingerprint density at radius 3 is 2.40 bits per heavy atom. The number of nitrogens with one attached hydrogen (secondary N) is 3. The van der Waals surface area contributed by atoms with E-state index in [1.807, 2.05) is 36.7 Å². The number of primary amides is 1.